The molecular weight excluding hydrogens is 416 g/mol. The summed E-state index contributed by atoms with van der Waals surface area (Å²) in [6.07, 6.45) is 0. The molecule has 0 saturated heterocycles. The normalized spacial score (nSPS) is 12.5. The van der Waals surface area contributed by atoms with Crippen LogP contribution in [0.25, 0.3) is 0 Å². The monoisotopic (exact) mass is 442 g/mol. The number of nitrogens with zero attached hydrogens (tertiary/aromatic N) is 3. The van der Waals surface area contributed by atoms with Gasteiger partial charge in [0.05, 0.1) is 0 Å². The van der Waals surface area contributed by atoms with Crippen LogP contribution in [0.3, 0.4) is 0 Å². The smallest absolute Gasteiger partial charge is 0.280 e. The number of aryl methyl sites for hydroxylation is 3. The molecule has 2 heterocycles. The fourth-order valence-corrected chi connectivity index (χ4v) is 4.54. The van der Waals surface area contributed by atoms with Crippen LogP contribution in [-0.4, -0.2) is 26.9 Å². The van der Waals surface area contributed by atoms with E-state index in [1.165, 1.54) is 11.3 Å². The first-order chi connectivity index (χ1) is 14.1. The molecule has 0 aliphatic rings. The maximum absolute atomic E-state index is 13.6. The molecule has 0 aliphatic heterocycles. The number of thiophene rings is 1. The molecule has 1 unspecified atom stereocenters. The molecule has 0 spiro atoms. The Balaban J connectivity index is 2.20. The molecule has 0 aliphatic carbocycles. The second kappa shape index (κ2) is 8.65. The quantitative estimate of drug-likeness (QED) is 0.614. The molecule has 0 radical (unpaired) electrons. The molecule has 158 valence electrons. The van der Waals surface area contributed by atoms with E-state index < -0.39 is 11.6 Å². The lowest BCUT2D eigenvalue weighted by atomic mass is 10.0. The number of rotatable bonds is 5. The lowest BCUT2D eigenvalue weighted by molar-refractivity contribution is -0.123. The summed E-state index contributed by atoms with van der Waals surface area (Å²) in [5.74, 6) is -0.586. The van der Waals surface area contributed by atoms with Crippen molar-refractivity contribution >= 4 is 40.4 Å². The van der Waals surface area contributed by atoms with Crippen molar-refractivity contribution in [1.29, 1.82) is 0 Å². The predicted octanol–water partition coefficient (Wildman–Crippen LogP) is 4.83. The van der Waals surface area contributed by atoms with Crippen molar-refractivity contribution in [1.82, 2.24) is 14.9 Å². The topological polar surface area (TPSA) is 75.2 Å². The molecule has 2 aromatic heterocycles. The summed E-state index contributed by atoms with van der Waals surface area (Å²) in [4.78, 5) is 29.5. The Hall–Kier alpha value is -2.58. The standard InChI is InChI=1S/C22H26N4O2S2/c1-13-7-8-16(11-15(13)3)26(21(28)17-12-30-25-24-17)18(19-14(2)9-10-29-19)20(27)23-22(4,5)6/h7-12,18H,1-6H3,(H,23,27). The van der Waals surface area contributed by atoms with Gasteiger partial charge in [0.2, 0.25) is 5.91 Å². The van der Waals surface area contributed by atoms with Crippen molar-refractivity contribution in [3.05, 3.63) is 62.3 Å². The lowest BCUT2D eigenvalue weighted by Crippen LogP contribution is -2.49. The number of nitrogens with one attached hydrogen (secondary N) is 1. The lowest BCUT2D eigenvalue weighted by Gasteiger charge is -2.33. The molecule has 0 saturated carbocycles. The van der Waals surface area contributed by atoms with Crippen LogP contribution in [0.15, 0.2) is 35.0 Å². The first kappa shape index (κ1) is 22.1. The minimum atomic E-state index is -0.819. The molecule has 2 amide bonds. The van der Waals surface area contributed by atoms with Crippen molar-refractivity contribution in [3.63, 3.8) is 0 Å². The number of hydrogen-bond donors (Lipinski definition) is 1. The maximum atomic E-state index is 13.6. The van der Waals surface area contributed by atoms with E-state index in [1.54, 1.807) is 10.3 Å². The molecule has 0 fully saturated rings. The van der Waals surface area contributed by atoms with E-state index in [0.29, 0.717) is 5.69 Å². The van der Waals surface area contributed by atoms with Gasteiger partial charge in [-0.1, -0.05) is 10.6 Å². The van der Waals surface area contributed by atoms with Crippen LogP contribution in [0.5, 0.6) is 0 Å². The second-order valence-corrected chi connectivity index (χ2v) is 9.90. The van der Waals surface area contributed by atoms with Crippen LogP contribution in [0.4, 0.5) is 5.69 Å². The van der Waals surface area contributed by atoms with Gasteiger partial charge in [-0.3, -0.25) is 14.5 Å². The van der Waals surface area contributed by atoms with Gasteiger partial charge in [0.25, 0.3) is 5.91 Å². The van der Waals surface area contributed by atoms with Crippen molar-refractivity contribution in [2.24, 2.45) is 0 Å². The summed E-state index contributed by atoms with van der Waals surface area (Å²) < 4.78 is 3.84. The average Bonchev–Trinajstić information content (AvgIpc) is 3.32. The van der Waals surface area contributed by atoms with Crippen LogP contribution >= 0.6 is 22.9 Å². The zero-order chi connectivity index (χ0) is 22.1. The summed E-state index contributed by atoms with van der Waals surface area (Å²) >= 11 is 2.58. The summed E-state index contributed by atoms with van der Waals surface area (Å²) in [7, 11) is 0. The molecule has 1 aromatic carbocycles. The van der Waals surface area contributed by atoms with E-state index in [2.05, 4.69) is 14.9 Å². The fourth-order valence-electron chi connectivity index (χ4n) is 3.10. The van der Waals surface area contributed by atoms with Gasteiger partial charge in [0.15, 0.2) is 11.7 Å². The number of amides is 2. The Labute approximate surface area is 185 Å². The van der Waals surface area contributed by atoms with E-state index >= 15 is 0 Å². The first-order valence-corrected chi connectivity index (χ1v) is 11.3. The summed E-state index contributed by atoms with van der Waals surface area (Å²) in [5.41, 5.74) is 3.55. The highest BCUT2D eigenvalue weighted by Crippen LogP contribution is 2.35. The largest absolute Gasteiger partial charge is 0.349 e. The van der Waals surface area contributed by atoms with Gasteiger partial charge in [-0.25, -0.2) is 0 Å². The number of carbonyl (C=O) groups excluding carboxylic acids is 2. The third kappa shape index (κ3) is 4.76. The minimum absolute atomic E-state index is 0.223. The van der Waals surface area contributed by atoms with E-state index in [9.17, 15) is 9.59 Å². The van der Waals surface area contributed by atoms with Gasteiger partial charge >= 0.3 is 0 Å². The third-order valence-corrected chi connectivity index (χ3v) is 6.30. The van der Waals surface area contributed by atoms with Crippen LogP contribution in [0.2, 0.25) is 0 Å². The molecule has 30 heavy (non-hydrogen) atoms. The SMILES string of the molecule is Cc1ccc(N(C(=O)c2csnn2)C(C(=O)NC(C)(C)C)c2sccc2C)cc1C. The number of aromatic nitrogens is 2. The van der Waals surface area contributed by atoms with Crippen LogP contribution in [0, 0.1) is 20.8 Å². The maximum Gasteiger partial charge on any atom is 0.280 e. The van der Waals surface area contributed by atoms with Gasteiger partial charge in [-0.2, -0.15) is 0 Å². The van der Waals surface area contributed by atoms with Crippen molar-refractivity contribution in [2.45, 2.75) is 53.1 Å². The van der Waals surface area contributed by atoms with E-state index in [0.717, 1.165) is 33.1 Å². The van der Waals surface area contributed by atoms with Gasteiger partial charge in [-0.15, -0.1) is 16.4 Å². The van der Waals surface area contributed by atoms with Crippen LogP contribution in [0.1, 0.15) is 58.9 Å². The number of anilines is 1. The fraction of sp³-hybridized carbons (Fsp3) is 0.364. The number of benzene rings is 1. The van der Waals surface area contributed by atoms with E-state index in [1.807, 2.05) is 71.2 Å². The van der Waals surface area contributed by atoms with Crippen LogP contribution < -0.4 is 10.2 Å². The molecule has 3 rings (SSSR count). The van der Waals surface area contributed by atoms with Gasteiger partial charge in [0, 0.05) is 21.5 Å². The van der Waals surface area contributed by atoms with Crippen LogP contribution in [-0.2, 0) is 4.79 Å². The molecule has 6 nitrogen and oxygen atoms in total. The van der Waals surface area contributed by atoms with E-state index in [-0.39, 0.29) is 17.5 Å². The Morgan fingerprint density at radius 3 is 2.33 bits per heavy atom. The van der Waals surface area contributed by atoms with Crippen molar-refractivity contribution in [2.75, 3.05) is 4.90 Å². The predicted molar refractivity (Wildman–Crippen MR) is 122 cm³/mol. The molecular formula is C22H26N4O2S2. The Bertz CT molecular complexity index is 1050. The van der Waals surface area contributed by atoms with Gasteiger partial charge in [-0.05, 0) is 93.3 Å². The number of hydrogen-bond acceptors (Lipinski definition) is 6. The Morgan fingerprint density at radius 1 is 1.07 bits per heavy atom. The zero-order valence-electron chi connectivity index (χ0n) is 18.0. The average molecular weight is 443 g/mol. The van der Waals surface area contributed by atoms with Gasteiger partial charge < -0.3 is 5.32 Å². The highest BCUT2D eigenvalue weighted by molar-refractivity contribution is 7.10. The minimum Gasteiger partial charge on any atom is -0.349 e. The molecule has 8 heteroatoms. The highest BCUT2D eigenvalue weighted by atomic mass is 32.1. The summed E-state index contributed by atoms with van der Waals surface area (Å²) in [6.45, 7) is 11.7. The van der Waals surface area contributed by atoms with Crippen molar-refractivity contribution in [3.8, 4) is 0 Å². The Morgan fingerprint density at radius 2 is 1.80 bits per heavy atom. The molecule has 1 N–H and O–H groups in total. The summed E-state index contributed by atoms with van der Waals surface area (Å²) in [6, 6.07) is 6.92. The molecule has 1 atom stereocenters. The Kier molecular flexibility index (Phi) is 6.38. The third-order valence-electron chi connectivity index (χ3n) is 4.72. The highest BCUT2D eigenvalue weighted by Gasteiger charge is 2.37. The zero-order valence-corrected chi connectivity index (χ0v) is 19.6. The first-order valence-electron chi connectivity index (χ1n) is 9.62. The molecule has 0 bridgehead atoms. The molecule has 3 aromatic rings. The van der Waals surface area contributed by atoms with Gasteiger partial charge in [0.1, 0.15) is 0 Å². The summed E-state index contributed by atoms with van der Waals surface area (Å²) in [5, 5.41) is 10.6. The second-order valence-electron chi connectivity index (χ2n) is 8.34. The van der Waals surface area contributed by atoms with Crippen molar-refractivity contribution < 1.29 is 9.59 Å². The van der Waals surface area contributed by atoms with E-state index in [4.69, 9.17) is 0 Å². The number of carbonyl (C=O) groups is 2.